The van der Waals surface area contributed by atoms with Crippen LogP contribution in [0, 0.1) is 5.92 Å². The summed E-state index contributed by atoms with van der Waals surface area (Å²) in [6.45, 7) is -0.190. The van der Waals surface area contributed by atoms with E-state index in [2.05, 4.69) is 5.32 Å². The van der Waals surface area contributed by atoms with Crippen molar-refractivity contribution in [2.24, 2.45) is 5.92 Å². The van der Waals surface area contributed by atoms with E-state index in [9.17, 15) is 14.4 Å². The van der Waals surface area contributed by atoms with E-state index >= 15 is 0 Å². The molecule has 0 radical (unpaired) electrons. The minimum absolute atomic E-state index is 0.0564. The number of amides is 2. The summed E-state index contributed by atoms with van der Waals surface area (Å²) in [5, 5.41) is 5.15. The third-order valence-electron chi connectivity index (χ3n) is 4.99. The molecule has 3 aromatic rings. The fraction of sp³-hybridized carbons (Fsp3) is 0.174. The van der Waals surface area contributed by atoms with Gasteiger partial charge < -0.3 is 15.0 Å². The molecule has 0 spiro atoms. The largest absolute Gasteiger partial charge is 0.455 e. The monoisotopic (exact) mass is 422 g/mol. The number of esters is 1. The highest BCUT2D eigenvalue weighted by Gasteiger charge is 2.36. The molecule has 1 saturated heterocycles. The summed E-state index contributed by atoms with van der Waals surface area (Å²) in [5.74, 6) is -1.77. The number of rotatable bonds is 5. The van der Waals surface area contributed by atoms with Gasteiger partial charge in [-0.2, -0.15) is 0 Å². The number of fused-ring (bicyclic) bond motifs is 1. The molecule has 1 aliphatic rings. The molecule has 30 heavy (non-hydrogen) atoms. The molecular weight excluding hydrogens is 404 g/mol. The van der Waals surface area contributed by atoms with Gasteiger partial charge in [-0.25, -0.2) is 0 Å². The molecule has 1 fully saturated rings. The summed E-state index contributed by atoms with van der Waals surface area (Å²) < 4.78 is 5.15. The molecule has 1 heterocycles. The van der Waals surface area contributed by atoms with Crippen LogP contribution in [0.4, 0.5) is 11.4 Å². The Hall–Kier alpha value is -3.38. The number of hydrogen-bond donors (Lipinski definition) is 1. The van der Waals surface area contributed by atoms with Crippen molar-refractivity contribution in [2.75, 3.05) is 23.4 Å². The van der Waals surface area contributed by atoms with E-state index in [1.165, 1.54) is 0 Å². The Morgan fingerprint density at radius 1 is 1.03 bits per heavy atom. The first-order chi connectivity index (χ1) is 14.5. The van der Waals surface area contributed by atoms with E-state index in [1.807, 2.05) is 42.5 Å². The highest BCUT2D eigenvalue weighted by molar-refractivity contribution is 6.30. The second kappa shape index (κ2) is 8.55. The van der Waals surface area contributed by atoms with Gasteiger partial charge in [-0.05, 0) is 35.7 Å². The van der Waals surface area contributed by atoms with E-state index in [-0.39, 0.29) is 18.9 Å². The second-order valence-corrected chi connectivity index (χ2v) is 7.50. The Morgan fingerprint density at radius 2 is 1.77 bits per heavy atom. The molecule has 1 aliphatic heterocycles. The van der Waals surface area contributed by atoms with Crippen LogP contribution < -0.4 is 10.2 Å². The molecule has 0 bridgehead atoms. The lowest BCUT2D eigenvalue weighted by Crippen LogP contribution is -2.28. The Morgan fingerprint density at radius 3 is 2.57 bits per heavy atom. The Bertz CT molecular complexity index is 1110. The first kappa shape index (κ1) is 19.9. The van der Waals surface area contributed by atoms with E-state index in [4.69, 9.17) is 16.3 Å². The Kier molecular flexibility index (Phi) is 5.68. The molecule has 0 unspecified atom stereocenters. The van der Waals surface area contributed by atoms with E-state index in [1.54, 1.807) is 29.2 Å². The number of benzene rings is 3. The van der Waals surface area contributed by atoms with E-state index in [0.29, 0.717) is 10.7 Å². The molecule has 0 aliphatic carbocycles. The average Bonchev–Trinajstić information content (AvgIpc) is 3.15. The molecule has 0 saturated carbocycles. The number of nitrogens with zero attached hydrogens (tertiary/aromatic N) is 1. The lowest BCUT2D eigenvalue weighted by atomic mass is 10.1. The summed E-state index contributed by atoms with van der Waals surface area (Å²) in [6, 6.07) is 20.1. The molecule has 0 aromatic heterocycles. The standard InChI is InChI=1S/C23H19ClN2O4/c24-17-8-10-18(11-9-17)25-21(27)14-30-23(29)16-12-22(28)26(13-16)20-7-3-5-15-4-1-2-6-19(15)20/h1-11,16H,12-14H2,(H,25,27)/t16-/m1/s1. The minimum Gasteiger partial charge on any atom is -0.455 e. The third-order valence-corrected chi connectivity index (χ3v) is 5.24. The first-order valence-corrected chi connectivity index (χ1v) is 9.89. The van der Waals surface area contributed by atoms with Crippen LogP contribution in [0.15, 0.2) is 66.7 Å². The van der Waals surface area contributed by atoms with Crippen molar-refractivity contribution in [3.8, 4) is 0 Å². The van der Waals surface area contributed by atoms with Gasteiger partial charge in [0.1, 0.15) is 0 Å². The van der Waals surface area contributed by atoms with Crippen molar-refractivity contribution in [3.63, 3.8) is 0 Å². The zero-order chi connectivity index (χ0) is 21.1. The predicted molar refractivity (Wildman–Crippen MR) is 115 cm³/mol. The van der Waals surface area contributed by atoms with Gasteiger partial charge in [-0.3, -0.25) is 14.4 Å². The number of anilines is 2. The predicted octanol–water partition coefficient (Wildman–Crippen LogP) is 4.03. The number of carbonyl (C=O) groups excluding carboxylic acids is 3. The average molecular weight is 423 g/mol. The van der Waals surface area contributed by atoms with E-state index in [0.717, 1.165) is 16.5 Å². The van der Waals surface area contributed by atoms with E-state index < -0.39 is 24.4 Å². The van der Waals surface area contributed by atoms with Gasteiger partial charge in [-0.15, -0.1) is 0 Å². The van der Waals surface area contributed by atoms with Crippen molar-refractivity contribution in [2.45, 2.75) is 6.42 Å². The van der Waals surface area contributed by atoms with Crippen molar-refractivity contribution in [1.82, 2.24) is 0 Å². The number of hydrogen-bond acceptors (Lipinski definition) is 4. The lowest BCUT2D eigenvalue weighted by molar-refractivity contribution is -0.151. The molecule has 1 atom stereocenters. The van der Waals surface area contributed by atoms with Crippen LogP contribution in [0.2, 0.25) is 5.02 Å². The fourth-order valence-corrected chi connectivity index (χ4v) is 3.65. The van der Waals surface area contributed by atoms with Crippen LogP contribution in [-0.4, -0.2) is 30.9 Å². The van der Waals surface area contributed by atoms with Crippen LogP contribution in [0.1, 0.15) is 6.42 Å². The zero-order valence-electron chi connectivity index (χ0n) is 16.0. The number of halogens is 1. The third kappa shape index (κ3) is 4.28. The lowest BCUT2D eigenvalue weighted by Gasteiger charge is -2.18. The summed E-state index contributed by atoms with van der Waals surface area (Å²) in [6.07, 6.45) is 0.0564. The summed E-state index contributed by atoms with van der Waals surface area (Å²) in [5.41, 5.74) is 1.33. The van der Waals surface area contributed by atoms with Gasteiger partial charge >= 0.3 is 5.97 Å². The SMILES string of the molecule is O=C(COC(=O)[C@@H]1CC(=O)N(c2cccc3ccccc23)C1)Nc1ccc(Cl)cc1. The summed E-state index contributed by atoms with van der Waals surface area (Å²) in [7, 11) is 0. The topological polar surface area (TPSA) is 75.7 Å². The van der Waals surface area contributed by atoms with Crippen molar-refractivity contribution >= 4 is 51.5 Å². The molecule has 4 rings (SSSR count). The number of ether oxygens (including phenoxy) is 1. The highest BCUT2D eigenvalue weighted by atomic mass is 35.5. The molecule has 7 heteroatoms. The van der Waals surface area contributed by atoms with Gasteiger partial charge in [0, 0.05) is 29.1 Å². The van der Waals surface area contributed by atoms with Gasteiger partial charge in [0.25, 0.3) is 5.91 Å². The quantitative estimate of drug-likeness (QED) is 0.630. The summed E-state index contributed by atoms with van der Waals surface area (Å²) in [4.78, 5) is 38.6. The van der Waals surface area contributed by atoms with Crippen molar-refractivity contribution in [3.05, 3.63) is 71.8 Å². The van der Waals surface area contributed by atoms with Crippen LogP contribution >= 0.6 is 11.6 Å². The van der Waals surface area contributed by atoms with Crippen LogP contribution in [0.3, 0.4) is 0 Å². The Labute approximate surface area is 178 Å². The zero-order valence-corrected chi connectivity index (χ0v) is 16.8. The van der Waals surface area contributed by atoms with Crippen LogP contribution in [0.5, 0.6) is 0 Å². The fourth-order valence-electron chi connectivity index (χ4n) is 3.53. The highest BCUT2D eigenvalue weighted by Crippen LogP contribution is 2.32. The number of nitrogens with one attached hydrogen (secondary N) is 1. The minimum atomic E-state index is -0.611. The molecule has 1 N–H and O–H groups in total. The maximum Gasteiger partial charge on any atom is 0.311 e. The van der Waals surface area contributed by atoms with Gasteiger partial charge in [-0.1, -0.05) is 48.0 Å². The smallest absolute Gasteiger partial charge is 0.311 e. The summed E-state index contributed by atoms with van der Waals surface area (Å²) >= 11 is 5.81. The van der Waals surface area contributed by atoms with Crippen molar-refractivity contribution in [1.29, 1.82) is 0 Å². The Balaban J connectivity index is 1.37. The molecule has 3 aromatic carbocycles. The molecular formula is C23H19ClN2O4. The maximum atomic E-state index is 12.6. The molecule has 2 amide bonds. The van der Waals surface area contributed by atoms with Crippen LogP contribution in [-0.2, 0) is 19.1 Å². The maximum absolute atomic E-state index is 12.6. The molecule has 6 nitrogen and oxygen atoms in total. The van der Waals surface area contributed by atoms with Crippen molar-refractivity contribution < 1.29 is 19.1 Å². The normalized spacial score (nSPS) is 16.0. The van der Waals surface area contributed by atoms with Gasteiger partial charge in [0.2, 0.25) is 5.91 Å². The second-order valence-electron chi connectivity index (χ2n) is 7.07. The number of carbonyl (C=O) groups is 3. The van der Waals surface area contributed by atoms with Gasteiger partial charge in [0.05, 0.1) is 11.6 Å². The molecule has 152 valence electrons. The first-order valence-electron chi connectivity index (χ1n) is 9.51. The van der Waals surface area contributed by atoms with Crippen LogP contribution in [0.25, 0.3) is 10.8 Å². The van der Waals surface area contributed by atoms with Gasteiger partial charge in [0.15, 0.2) is 6.61 Å².